The number of sulfonamides is 1. The van der Waals surface area contributed by atoms with E-state index in [4.69, 9.17) is 10.2 Å². The van der Waals surface area contributed by atoms with Crippen LogP contribution < -0.4 is 10.0 Å². The third-order valence-electron chi connectivity index (χ3n) is 4.18. The van der Waals surface area contributed by atoms with Crippen LogP contribution in [0.25, 0.3) is 0 Å². The van der Waals surface area contributed by atoms with Gasteiger partial charge < -0.3 is 10.0 Å². The highest BCUT2D eigenvalue weighted by atomic mass is 32.2. The van der Waals surface area contributed by atoms with Gasteiger partial charge in [-0.05, 0) is 41.7 Å². The summed E-state index contributed by atoms with van der Waals surface area (Å²) in [6.45, 7) is 1.61. The lowest BCUT2D eigenvalue weighted by Gasteiger charge is -2.31. The van der Waals surface area contributed by atoms with Gasteiger partial charge in [-0.25, -0.2) is 13.6 Å². The molecular weight excluding hydrogens is 312 g/mol. The molecule has 3 rings (SSSR count). The molecule has 5 nitrogen and oxygen atoms in total. The number of rotatable bonds is 4. The third-order valence-corrected chi connectivity index (χ3v) is 5.09. The summed E-state index contributed by atoms with van der Waals surface area (Å²) in [7, 11) is -3.70. The van der Waals surface area contributed by atoms with Crippen molar-refractivity contribution in [2.45, 2.75) is 30.9 Å². The Hall–Kier alpha value is -1.89. The summed E-state index contributed by atoms with van der Waals surface area (Å²) in [5, 5.41) is 14.4. The fraction of sp³-hybridized carbons (Fsp3) is 0.294. The van der Waals surface area contributed by atoms with Crippen LogP contribution in [-0.4, -0.2) is 20.1 Å². The minimum absolute atomic E-state index is 0.0323. The predicted molar refractivity (Wildman–Crippen MR) is 89.6 cm³/mol. The summed E-state index contributed by atoms with van der Waals surface area (Å²) in [6, 6.07) is 12.9. The van der Waals surface area contributed by atoms with Gasteiger partial charge in [0.2, 0.25) is 10.0 Å². The maximum absolute atomic E-state index is 11.6. The minimum Gasteiger partial charge on any atom is -0.392 e. The molecule has 122 valence electrons. The average Bonchev–Trinajstić information content (AvgIpc) is 2.54. The fourth-order valence-corrected chi connectivity index (χ4v) is 3.48. The van der Waals surface area contributed by atoms with Gasteiger partial charge in [0.05, 0.1) is 11.5 Å². The molecule has 0 radical (unpaired) electrons. The number of primary sulfonamides is 1. The second-order valence-electron chi connectivity index (χ2n) is 5.84. The van der Waals surface area contributed by atoms with Gasteiger partial charge in [-0.15, -0.1) is 0 Å². The van der Waals surface area contributed by atoms with Crippen molar-refractivity contribution in [1.82, 2.24) is 0 Å². The van der Waals surface area contributed by atoms with E-state index in [0.717, 1.165) is 41.8 Å². The lowest BCUT2D eigenvalue weighted by Crippen LogP contribution is -2.29. The van der Waals surface area contributed by atoms with E-state index < -0.39 is 10.0 Å². The van der Waals surface area contributed by atoms with E-state index in [1.54, 1.807) is 12.1 Å². The first-order valence-electron chi connectivity index (χ1n) is 7.57. The number of aliphatic hydroxyl groups is 1. The van der Waals surface area contributed by atoms with Gasteiger partial charge in [-0.2, -0.15) is 0 Å². The summed E-state index contributed by atoms with van der Waals surface area (Å²) in [5.74, 6) is 0. The zero-order valence-corrected chi connectivity index (χ0v) is 13.6. The smallest absolute Gasteiger partial charge is 0.238 e. The van der Waals surface area contributed by atoms with Gasteiger partial charge in [0, 0.05) is 18.8 Å². The van der Waals surface area contributed by atoms with Crippen molar-refractivity contribution in [3.05, 3.63) is 59.2 Å². The van der Waals surface area contributed by atoms with Gasteiger partial charge in [0.25, 0.3) is 0 Å². The maximum atomic E-state index is 11.6. The van der Waals surface area contributed by atoms with Gasteiger partial charge in [-0.3, -0.25) is 0 Å². The number of nitrogens with zero attached hydrogens (tertiary/aromatic N) is 1. The van der Waals surface area contributed by atoms with Crippen LogP contribution in [0.4, 0.5) is 5.69 Å². The topological polar surface area (TPSA) is 83.6 Å². The van der Waals surface area contributed by atoms with Gasteiger partial charge in [0.15, 0.2) is 0 Å². The Morgan fingerprint density at radius 1 is 1.09 bits per heavy atom. The van der Waals surface area contributed by atoms with E-state index in [2.05, 4.69) is 4.90 Å². The Labute approximate surface area is 136 Å². The van der Waals surface area contributed by atoms with E-state index in [-0.39, 0.29) is 11.5 Å². The van der Waals surface area contributed by atoms with Crippen molar-refractivity contribution in [3.8, 4) is 0 Å². The zero-order chi connectivity index (χ0) is 16.4. The number of aliphatic hydroxyl groups excluding tert-OH is 1. The molecule has 6 heteroatoms. The number of nitrogens with two attached hydrogens (primary N) is 1. The molecular formula is C17H20N2O3S. The molecule has 2 aromatic carbocycles. The van der Waals surface area contributed by atoms with Crippen molar-refractivity contribution in [2.75, 3.05) is 11.4 Å². The first-order chi connectivity index (χ1) is 11.0. The van der Waals surface area contributed by atoms with E-state index in [1.165, 1.54) is 0 Å². The van der Waals surface area contributed by atoms with Crippen LogP contribution in [0.2, 0.25) is 0 Å². The van der Waals surface area contributed by atoms with E-state index >= 15 is 0 Å². The Kier molecular flexibility index (Phi) is 4.39. The Morgan fingerprint density at radius 3 is 2.43 bits per heavy atom. The first-order valence-corrected chi connectivity index (χ1v) is 9.11. The number of fused-ring (bicyclic) bond motifs is 1. The maximum Gasteiger partial charge on any atom is 0.238 e. The van der Waals surface area contributed by atoms with Crippen molar-refractivity contribution < 1.29 is 13.5 Å². The quantitative estimate of drug-likeness (QED) is 0.894. The summed E-state index contributed by atoms with van der Waals surface area (Å²) in [5.41, 5.74) is 4.09. The molecule has 1 heterocycles. The Bertz CT molecular complexity index is 801. The minimum atomic E-state index is -3.70. The van der Waals surface area contributed by atoms with Crippen molar-refractivity contribution in [2.24, 2.45) is 5.14 Å². The van der Waals surface area contributed by atoms with E-state index in [1.807, 2.05) is 30.3 Å². The number of hydrogen-bond donors (Lipinski definition) is 2. The molecule has 3 N–H and O–H groups in total. The predicted octanol–water partition coefficient (Wildman–Crippen LogP) is 1.78. The van der Waals surface area contributed by atoms with Gasteiger partial charge in [0.1, 0.15) is 0 Å². The molecule has 23 heavy (non-hydrogen) atoms. The molecule has 0 saturated carbocycles. The van der Waals surface area contributed by atoms with Crippen LogP contribution in [0.3, 0.4) is 0 Å². The van der Waals surface area contributed by atoms with Crippen LogP contribution in [-0.2, 0) is 29.6 Å². The molecule has 0 spiro atoms. The van der Waals surface area contributed by atoms with Gasteiger partial charge >= 0.3 is 0 Å². The standard InChI is InChI=1S/C17H20N2O3S/c18-23(21,22)16-8-7-15-2-1-9-19(17(15)10-16)11-13-3-5-14(12-20)6-4-13/h3-8,10,20H,1-2,9,11-12H2,(H2,18,21,22). The van der Waals surface area contributed by atoms with Gasteiger partial charge in [-0.1, -0.05) is 30.3 Å². The lowest BCUT2D eigenvalue weighted by atomic mass is 10.0. The molecule has 0 saturated heterocycles. The molecule has 0 fully saturated rings. The van der Waals surface area contributed by atoms with Crippen LogP contribution in [0.1, 0.15) is 23.1 Å². The molecule has 1 aliphatic heterocycles. The second kappa shape index (κ2) is 6.31. The summed E-state index contributed by atoms with van der Waals surface area (Å²) >= 11 is 0. The number of anilines is 1. The highest BCUT2D eigenvalue weighted by molar-refractivity contribution is 7.89. The van der Waals surface area contributed by atoms with Crippen LogP contribution >= 0.6 is 0 Å². The Morgan fingerprint density at radius 2 is 1.78 bits per heavy atom. The number of benzene rings is 2. The average molecular weight is 332 g/mol. The van der Waals surface area contributed by atoms with Crippen LogP contribution in [0.5, 0.6) is 0 Å². The normalized spacial score (nSPS) is 14.6. The van der Waals surface area contributed by atoms with Crippen LogP contribution in [0, 0.1) is 0 Å². The largest absolute Gasteiger partial charge is 0.392 e. The lowest BCUT2D eigenvalue weighted by molar-refractivity contribution is 0.282. The highest BCUT2D eigenvalue weighted by Crippen LogP contribution is 2.30. The molecule has 0 aliphatic carbocycles. The molecule has 0 unspecified atom stereocenters. The zero-order valence-electron chi connectivity index (χ0n) is 12.8. The molecule has 0 atom stereocenters. The molecule has 0 bridgehead atoms. The number of hydrogen-bond acceptors (Lipinski definition) is 4. The Balaban J connectivity index is 1.90. The van der Waals surface area contributed by atoms with Crippen molar-refractivity contribution in [3.63, 3.8) is 0 Å². The fourth-order valence-electron chi connectivity index (χ4n) is 2.94. The molecule has 0 amide bonds. The second-order valence-corrected chi connectivity index (χ2v) is 7.40. The van der Waals surface area contributed by atoms with Crippen molar-refractivity contribution in [1.29, 1.82) is 0 Å². The summed E-state index contributed by atoms with van der Waals surface area (Å²) in [6.07, 6.45) is 1.98. The van der Waals surface area contributed by atoms with Crippen LogP contribution in [0.15, 0.2) is 47.4 Å². The van der Waals surface area contributed by atoms with E-state index in [9.17, 15) is 8.42 Å². The monoisotopic (exact) mass is 332 g/mol. The summed E-state index contributed by atoms with van der Waals surface area (Å²) < 4.78 is 23.2. The SMILES string of the molecule is NS(=O)(=O)c1ccc2c(c1)N(Cc1ccc(CO)cc1)CCC2. The molecule has 0 aromatic heterocycles. The van der Waals surface area contributed by atoms with Crippen molar-refractivity contribution >= 4 is 15.7 Å². The summed E-state index contributed by atoms with van der Waals surface area (Å²) in [4.78, 5) is 2.33. The van der Waals surface area contributed by atoms with E-state index in [0.29, 0.717) is 6.54 Å². The first kappa shape index (κ1) is 16.0. The molecule has 2 aromatic rings. The molecule has 1 aliphatic rings. The number of aryl methyl sites for hydroxylation is 1. The third kappa shape index (κ3) is 3.55. The highest BCUT2D eigenvalue weighted by Gasteiger charge is 2.20.